The lowest BCUT2D eigenvalue weighted by atomic mass is 9.77. The molecule has 2 saturated heterocycles. The van der Waals surface area contributed by atoms with E-state index in [0.29, 0.717) is 58.3 Å². The zero-order valence-corrected chi connectivity index (χ0v) is 19.6. The van der Waals surface area contributed by atoms with Gasteiger partial charge < -0.3 is 9.80 Å². The van der Waals surface area contributed by atoms with Crippen LogP contribution in [0.2, 0.25) is 0 Å². The number of hydrogen-bond donors (Lipinski definition) is 0. The number of benzene rings is 1. The molecule has 0 saturated carbocycles. The van der Waals surface area contributed by atoms with Gasteiger partial charge in [-0.1, -0.05) is 12.1 Å². The van der Waals surface area contributed by atoms with Crippen LogP contribution < -0.4 is 0 Å². The molecule has 0 radical (unpaired) electrons. The number of amides is 2. The van der Waals surface area contributed by atoms with Crippen LogP contribution in [0.1, 0.15) is 64.1 Å². The largest absolute Gasteiger partial charge is 0.342 e. The Hall–Kier alpha value is -2.61. The molecule has 0 bridgehead atoms. The number of nitrogens with zero attached hydrogens (tertiary/aromatic N) is 2. The summed E-state index contributed by atoms with van der Waals surface area (Å²) in [5, 5.41) is 1.87. The van der Waals surface area contributed by atoms with Crippen molar-refractivity contribution in [1.82, 2.24) is 9.80 Å². The highest BCUT2D eigenvalue weighted by Crippen LogP contribution is 2.41. The van der Waals surface area contributed by atoms with E-state index in [9.17, 15) is 23.2 Å². The van der Waals surface area contributed by atoms with Gasteiger partial charge in [0.05, 0.1) is 4.88 Å². The lowest BCUT2D eigenvalue weighted by Gasteiger charge is -2.39. The number of piperidine rings is 1. The molecule has 2 aromatic rings. The average molecular weight is 475 g/mol. The second kappa shape index (κ2) is 9.71. The van der Waals surface area contributed by atoms with Gasteiger partial charge in [0.2, 0.25) is 5.91 Å². The summed E-state index contributed by atoms with van der Waals surface area (Å²) in [6.45, 7) is 3.66. The van der Waals surface area contributed by atoms with Crippen molar-refractivity contribution in [3.63, 3.8) is 0 Å². The Morgan fingerprint density at radius 3 is 2.36 bits per heavy atom. The van der Waals surface area contributed by atoms with Crippen molar-refractivity contribution in [3.05, 3.63) is 57.3 Å². The Morgan fingerprint density at radius 1 is 1.00 bits per heavy atom. The van der Waals surface area contributed by atoms with Crippen molar-refractivity contribution in [1.29, 1.82) is 0 Å². The van der Waals surface area contributed by atoms with Crippen LogP contribution in [0, 0.1) is 24.0 Å². The number of rotatable bonds is 6. The fourth-order valence-electron chi connectivity index (χ4n) is 4.87. The van der Waals surface area contributed by atoms with E-state index in [1.165, 1.54) is 29.2 Å². The Kier molecular flexibility index (Phi) is 6.93. The van der Waals surface area contributed by atoms with Crippen molar-refractivity contribution in [2.24, 2.45) is 5.41 Å². The van der Waals surface area contributed by atoms with Gasteiger partial charge in [0.1, 0.15) is 17.2 Å². The third-order valence-corrected chi connectivity index (χ3v) is 7.90. The first kappa shape index (κ1) is 23.5. The summed E-state index contributed by atoms with van der Waals surface area (Å²) in [5.74, 6) is -2.10. The molecule has 1 spiro atoms. The topological polar surface area (TPSA) is 57.7 Å². The fraction of sp³-hybridized carbons (Fsp3) is 0.480. The van der Waals surface area contributed by atoms with Gasteiger partial charge in [0.15, 0.2) is 5.78 Å². The molecule has 176 valence electrons. The first-order valence-corrected chi connectivity index (χ1v) is 12.3. The molecule has 0 aliphatic carbocycles. The summed E-state index contributed by atoms with van der Waals surface area (Å²) in [7, 11) is 0. The molecule has 33 heavy (non-hydrogen) atoms. The van der Waals surface area contributed by atoms with Gasteiger partial charge in [-0.15, -0.1) is 11.3 Å². The quantitative estimate of drug-likeness (QED) is 0.563. The van der Waals surface area contributed by atoms with Gasteiger partial charge >= 0.3 is 0 Å². The predicted molar refractivity (Wildman–Crippen MR) is 122 cm³/mol. The van der Waals surface area contributed by atoms with E-state index in [0.717, 1.165) is 17.4 Å². The van der Waals surface area contributed by atoms with Crippen molar-refractivity contribution in [2.75, 3.05) is 26.2 Å². The number of aryl methyl sites for hydroxylation is 1. The van der Waals surface area contributed by atoms with Gasteiger partial charge in [0.25, 0.3) is 5.91 Å². The Balaban J connectivity index is 1.27. The minimum Gasteiger partial charge on any atom is -0.342 e. The Morgan fingerprint density at radius 2 is 1.70 bits per heavy atom. The van der Waals surface area contributed by atoms with E-state index in [1.807, 2.05) is 16.3 Å². The molecule has 1 aromatic carbocycles. The molecular formula is C25H28F2N2O3S. The highest BCUT2D eigenvalue weighted by atomic mass is 32.1. The van der Waals surface area contributed by atoms with Crippen LogP contribution in [0.4, 0.5) is 8.78 Å². The van der Waals surface area contributed by atoms with Crippen LogP contribution in [-0.2, 0) is 4.79 Å². The number of carbonyl (C=O) groups is 3. The summed E-state index contributed by atoms with van der Waals surface area (Å²) < 4.78 is 28.5. The van der Waals surface area contributed by atoms with E-state index in [1.54, 1.807) is 6.07 Å². The summed E-state index contributed by atoms with van der Waals surface area (Å²) in [4.78, 5) is 41.7. The van der Waals surface area contributed by atoms with Gasteiger partial charge in [-0.05, 0) is 61.1 Å². The molecule has 8 heteroatoms. The van der Waals surface area contributed by atoms with Crippen LogP contribution in [0.25, 0.3) is 0 Å². The third kappa shape index (κ3) is 5.00. The van der Waals surface area contributed by atoms with Crippen LogP contribution in [-0.4, -0.2) is 53.6 Å². The number of ketones is 1. The smallest absolute Gasteiger partial charge is 0.259 e. The van der Waals surface area contributed by atoms with E-state index < -0.39 is 23.1 Å². The molecule has 0 atom stereocenters. The number of likely N-dealkylation sites (tertiary alicyclic amines) is 2. The summed E-state index contributed by atoms with van der Waals surface area (Å²) >= 11 is 1.42. The molecule has 2 fully saturated rings. The maximum Gasteiger partial charge on any atom is 0.259 e. The fourth-order valence-corrected chi connectivity index (χ4v) is 5.56. The van der Waals surface area contributed by atoms with Crippen LogP contribution in [0.3, 0.4) is 0 Å². The minimum atomic E-state index is -0.835. The number of Topliss-reactive ketones (excluding diaryl/α,β-unsaturated/α-hetero) is 1. The summed E-state index contributed by atoms with van der Waals surface area (Å²) in [5.41, 5.74) is -0.287. The van der Waals surface area contributed by atoms with E-state index >= 15 is 0 Å². The number of halogens is 2. The molecule has 0 N–H and O–H groups in total. The van der Waals surface area contributed by atoms with E-state index in [-0.39, 0.29) is 22.7 Å². The molecule has 1 aromatic heterocycles. The summed E-state index contributed by atoms with van der Waals surface area (Å²) in [6.07, 6.45) is 3.53. The molecule has 0 unspecified atom stereocenters. The highest BCUT2D eigenvalue weighted by Gasteiger charge is 2.43. The van der Waals surface area contributed by atoms with Crippen molar-refractivity contribution in [2.45, 2.75) is 45.4 Å². The SMILES string of the molecule is Cc1ccc(F)c(C(=O)N2CCC3(CCN(C(=O)CCCC(=O)c4cccs4)C3)CC2)c1F. The van der Waals surface area contributed by atoms with Gasteiger partial charge in [-0.25, -0.2) is 8.78 Å². The molecule has 3 heterocycles. The number of hydrogen-bond acceptors (Lipinski definition) is 4. The Bertz CT molecular complexity index is 1050. The molecular weight excluding hydrogens is 446 g/mol. The highest BCUT2D eigenvalue weighted by molar-refractivity contribution is 7.12. The predicted octanol–water partition coefficient (Wildman–Crippen LogP) is 4.84. The molecule has 2 aliphatic heterocycles. The lowest BCUT2D eigenvalue weighted by molar-refractivity contribution is -0.130. The maximum atomic E-state index is 14.4. The second-order valence-electron chi connectivity index (χ2n) is 9.16. The first-order chi connectivity index (χ1) is 15.8. The zero-order chi connectivity index (χ0) is 23.6. The Labute approximate surface area is 196 Å². The van der Waals surface area contributed by atoms with Gasteiger partial charge in [0, 0.05) is 39.0 Å². The molecule has 2 aliphatic rings. The normalized spacial score (nSPS) is 17.5. The van der Waals surface area contributed by atoms with Crippen molar-refractivity contribution >= 4 is 28.9 Å². The van der Waals surface area contributed by atoms with Crippen LogP contribution in [0.15, 0.2) is 29.6 Å². The van der Waals surface area contributed by atoms with Crippen LogP contribution in [0.5, 0.6) is 0 Å². The van der Waals surface area contributed by atoms with Gasteiger partial charge in [-0.3, -0.25) is 14.4 Å². The molecule has 2 amide bonds. The van der Waals surface area contributed by atoms with Crippen molar-refractivity contribution < 1.29 is 23.2 Å². The molecule has 4 rings (SSSR count). The zero-order valence-electron chi connectivity index (χ0n) is 18.7. The first-order valence-electron chi connectivity index (χ1n) is 11.4. The van der Waals surface area contributed by atoms with Gasteiger partial charge in [-0.2, -0.15) is 0 Å². The second-order valence-corrected chi connectivity index (χ2v) is 10.1. The minimum absolute atomic E-state index is 0.0527. The van der Waals surface area contributed by atoms with E-state index in [4.69, 9.17) is 0 Å². The van der Waals surface area contributed by atoms with Crippen LogP contribution >= 0.6 is 11.3 Å². The van der Waals surface area contributed by atoms with E-state index in [2.05, 4.69) is 0 Å². The summed E-state index contributed by atoms with van der Waals surface area (Å²) in [6, 6.07) is 6.11. The molecule has 5 nitrogen and oxygen atoms in total. The average Bonchev–Trinajstić information content (AvgIpc) is 3.48. The van der Waals surface area contributed by atoms with Crippen molar-refractivity contribution in [3.8, 4) is 0 Å². The lowest BCUT2D eigenvalue weighted by Crippen LogP contribution is -2.45. The number of carbonyl (C=O) groups excluding carboxylic acids is 3. The number of thiophene rings is 1. The maximum absolute atomic E-state index is 14.4. The monoisotopic (exact) mass is 474 g/mol. The third-order valence-electron chi connectivity index (χ3n) is 6.99. The standard InChI is InChI=1S/C25H28F2N2O3S/c1-17-7-8-18(26)22(23(17)27)24(32)28-12-9-25(10-13-28)11-14-29(16-25)21(31)6-2-4-19(30)20-5-3-15-33-20/h3,5,7-8,15H,2,4,6,9-14,16H2,1H3.